The van der Waals surface area contributed by atoms with Crippen LogP contribution in [0.2, 0.25) is 0 Å². The van der Waals surface area contributed by atoms with Gasteiger partial charge in [-0.1, -0.05) is 12.1 Å². The van der Waals surface area contributed by atoms with E-state index < -0.39 is 0 Å². The zero-order valence-electron chi connectivity index (χ0n) is 16.9. The number of anilines is 2. The summed E-state index contributed by atoms with van der Waals surface area (Å²) in [6.45, 7) is 7.58. The summed E-state index contributed by atoms with van der Waals surface area (Å²) in [5.74, 6) is 0.0443. The molecule has 2 heterocycles. The minimum atomic E-state index is -0.203. The van der Waals surface area contributed by atoms with E-state index in [0.717, 1.165) is 31.6 Å². The zero-order chi connectivity index (χ0) is 20.3. The molecule has 2 N–H and O–H groups in total. The molecule has 0 spiro atoms. The maximum absolute atomic E-state index is 13.1. The van der Waals surface area contributed by atoms with E-state index in [4.69, 9.17) is 0 Å². The number of para-hydroxylation sites is 2. The van der Waals surface area contributed by atoms with Crippen molar-refractivity contribution in [2.45, 2.75) is 52.1 Å². The first-order valence-corrected chi connectivity index (χ1v) is 10.1. The summed E-state index contributed by atoms with van der Waals surface area (Å²) >= 11 is 0. The van der Waals surface area contributed by atoms with Gasteiger partial charge in [-0.05, 0) is 58.8 Å². The molecule has 1 fully saturated rings. The van der Waals surface area contributed by atoms with Crippen molar-refractivity contribution in [2.75, 3.05) is 29.9 Å². The lowest BCUT2D eigenvalue weighted by atomic mass is 9.95. The molecule has 152 valence electrons. The molecular weight excluding hydrogens is 356 g/mol. The van der Waals surface area contributed by atoms with E-state index >= 15 is 0 Å². The number of carbonyl (C=O) groups excluding carboxylic acids is 3. The molecule has 2 aliphatic rings. The standard InChI is InChI=1S/C21H30N4O3/c1-14(2)22-21(28)16-8-10-24(11-9-16)13-20(27)25-15(3)12-19(26)23-17-6-4-5-7-18(17)25/h4-7,14-16H,8-13H2,1-3H3,(H,22,28)(H,23,26). The molecule has 7 nitrogen and oxygen atoms in total. The third kappa shape index (κ3) is 4.70. The van der Waals surface area contributed by atoms with Crippen LogP contribution in [0.3, 0.4) is 0 Å². The van der Waals surface area contributed by atoms with E-state index in [1.165, 1.54) is 0 Å². The highest BCUT2D eigenvalue weighted by Gasteiger charge is 2.32. The second-order valence-corrected chi connectivity index (χ2v) is 8.10. The number of nitrogens with zero attached hydrogens (tertiary/aromatic N) is 2. The van der Waals surface area contributed by atoms with Crippen LogP contribution in [0.15, 0.2) is 24.3 Å². The molecule has 0 radical (unpaired) electrons. The van der Waals surface area contributed by atoms with Crippen LogP contribution in [0.25, 0.3) is 0 Å². The molecule has 0 aliphatic carbocycles. The number of rotatable bonds is 4. The van der Waals surface area contributed by atoms with Gasteiger partial charge in [0.1, 0.15) is 0 Å². The predicted molar refractivity (Wildman–Crippen MR) is 109 cm³/mol. The van der Waals surface area contributed by atoms with E-state index in [0.29, 0.717) is 12.2 Å². The van der Waals surface area contributed by atoms with Crippen LogP contribution < -0.4 is 15.5 Å². The summed E-state index contributed by atoms with van der Waals surface area (Å²) in [5, 5.41) is 5.86. The van der Waals surface area contributed by atoms with Gasteiger partial charge >= 0.3 is 0 Å². The Labute approximate surface area is 166 Å². The van der Waals surface area contributed by atoms with Gasteiger partial charge in [0.05, 0.1) is 17.9 Å². The molecule has 1 aromatic carbocycles. The van der Waals surface area contributed by atoms with Crippen LogP contribution in [0, 0.1) is 5.92 Å². The zero-order valence-corrected chi connectivity index (χ0v) is 16.9. The Morgan fingerprint density at radius 3 is 2.57 bits per heavy atom. The number of hydrogen-bond donors (Lipinski definition) is 2. The van der Waals surface area contributed by atoms with Crippen LogP contribution in [-0.4, -0.2) is 54.3 Å². The fourth-order valence-electron chi connectivity index (χ4n) is 3.99. The average Bonchev–Trinajstić information content (AvgIpc) is 2.75. The molecule has 0 aromatic heterocycles. The van der Waals surface area contributed by atoms with Crippen LogP contribution in [-0.2, 0) is 14.4 Å². The molecule has 1 unspecified atom stereocenters. The number of nitrogens with one attached hydrogen (secondary N) is 2. The van der Waals surface area contributed by atoms with Crippen molar-refractivity contribution in [2.24, 2.45) is 5.92 Å². The first-order chi connectivity index (χ1) is 13.3. The maximum Gasteiger partial charge on any atom is 0.241 e. The third-order valence-electron chi connectivity index (χ3n) is 5.38. The summed E-state index contributed by atoms with van der Waals surface area (Å²) in [6.07, 6.45) is 1.80. The minimum Gasteiger partial charge on any atom is -0.354 e. The van der Waals surface area contributed by atoms with Gasteiger partial charge in [-0.25, -0.2) is 0 Å². The van der Waals surface area contributed by atoms with Crippen molar-refractivity contribution in [3.63, 3.8) is 0 Å². The Morgan fingerprint density at radius 1 is 1.21 bits per heavy atom. The van der Waals surface area contributed by atoms with E-state index in [-0.39, 0.29) is 42.1 Å². The van der Waals surface area contributed by atoms with E-state index in [2.05, 4.69) is 15.5 Å². The highest BCUT2D eigenvalue weighted by molar-refractivity contribution is 6.04. The minimum absolute atomic E-state index is 0.0125. The molecule has 0 saturated carbocycles. The summed E-state index contributed by atoms with van der Waals surface area (Å²) in [4.78, 5) is 41.3. The smallest absolute Gasteiger partial charge is 0.241 e. The molecule has 1 saturated heterocycles. The molecule has 1 aromatic rings. The third-order valence-corrected chi connectivity index (χ3v) is 5.38. The molecular formula is C21H30N4O3. The summed E-state index contributed by atoms with van der Waals surface area (Å²) < 4.78 is 0. The second kappa shape index (κ2) is 8.73. The molecule has 3 rings (SSSR count). The van der Waals surface area contributed by atoms with E-state index in [1.807, 2.05) is 45.0 Å². The maximum atomic E-state index is 13.1. The van der Waals surface area contributed by atoms with Crippen molar-refractivity contribution >= 4 is 29.1 Å². The number of benzene rings is 1. The van der Waals surface area contributed by atoms with Gasteiger partial charge in [-0.2, -0.15) is 0 Å². The number of carbonyl (C=O) groups is 3. The largest absolute Gasteiger partial charge is 0.354 e. The Morgan fingerprint density at radius 2 is 1.89 bits per heavy atom. The Kier molecular flexibility index (Phi) is 6.34. The number of likely N-dealkylation sites (tertiary alicyclic amines) is 1. The molecule has 7 heteroatoms. The van der Waals surface area contributed by atoms with Gasteiger partial charge in [-0.3, -0.25) is 19.3 Å². The lowest BCUT2D eigenvalue weighted by molar-refractivity contribution is -0.127. The summed E-state index contributed by atoms with van der Waals surface area (Å²) in [6, 6.07) is 7.37. The van der Waals surface area contributed by atoms with Crippen LogP contribution in [0.4, 0.5) is 11.4 Å². The van der Waals surface area contributed by atoms with Crippen LogP contribution >= 0.6 is 0 Å². The highest BCUT2D eigenvalue weighted by Crippen LogP contribution is 2.31. The molecule has 28 heavy (non-hydrogen) atoms. The topological polar surface area (TPSA) is 81.8 Å². The summed E-state index contributed by atoms with van der Waals surface area (Å²) in [5.41, 5.74) is 1.42. The fourth-order valence-corrected chi connectivity index (χ4v) is 3.99. The fraction of sp³-hybridized carbons (Fsp3) is 0.571. The monoisotopic (exact) mass is 386 g/mol. The van der Waals surface area contributed by atoms with Gasteiger partial charge in [0.2, 0.25) is 17.7 Å². The first kappa shape index (κ1) is 20.3. The lowest BCUT2D eigenvalue weighted by Gasteiger charge is -2.34. The van der Waals surface area contributed by atoms with Gasteiger partial charge in [0.25, 0.3) is 0 Å². The van der Waals surface area contributed by atoms with Crippen molar-refractivity contribution in [1.82, 2.24) is 10.2 Å². The lowest BCUT2D eigenvalue weighted by Crippen LogP contribution is -2.48. The molecule has 1 atom stereocenters. The molecule has 0 bridgehead atoms. The Balaban J connectivity index is 1.64. The number of amides is 3. The van der Waals surface area contributed by atoms with E-state index in [1.54, 1.807) is 4.90 Å². The van der Waals surface area contributed by atoms with Crippen molar-refractivity contribution in [3.8, 4) is 0 Å². The summed E-state index contributed by atoms with van der Waals surface area (Å²) in [7, 11) is 0. The van der Waals surface area contributed by atoms with Crippen molar-refractivity contribution < 1.29 is 14.4 Å². The van der Waals surface area contributed by atoms with Crippen molar-refractivity contribution in [3.05, 3.63) is 24.3 Å². The first-order valence-electron chi connectivity index (χ1n) is 10.1. The molecule has 3 amide bonds. The van der Waals surface area contributed by atoms with Crippen molar-refractivity contribution in [1.29, 1.82) is 0 Å². The van der Waals surface area contributed by atoms with Crippen LogP contribution in [0.1, 0.15) is 40.0 Å². The van der Waals surface area contributed by atoms with Crippen LogP contribution in [0.5, 0.6) is 0 Å². The number of hydrogen-bond acceptors (Lipinski definition) is 4. The van der Waals surface area contributed by atoms with Gasteiger partial charge < -0.3 is 15.5 Å². The SMILES string of the molecule is CC(C)NC(=O)C1CCN(CC(=O)N2c3ccccc3NC(=O)CC2C)CC1. The highest BCUT2D eigenvalue weighted by atomic mass is 16.2. The average molecular weight is 386 g/mol. The number of piperidine rings is 1. The molecule has 2 aliphatic heterocycles. The van der Waals surface area contributed by atoms with E-state index in [9.17, 15) is 14.4 Å². The second-order valence-electron chi connectivity index (χ2n) is 8.10. The van der Waals surface area contributed by atoms with Gasteiger partial charge in [0, 0.05) is 24.4 Å². The normalized spacial score (nSPS) is 21.1. The predicted octanol–water partition coefficient (Wildman–Crippen LogP) is 1.99. The van der Waals surface area contributed by atoms with Gasteiger partial charge in [0.15, 0.2) is 0 Å². The number of fused-ring (bicyclic) bond motifs is 1. The van der Waals surface area contributed by atoms with Gasteiger partial charge in [-0.15, -0.1) is 0 Å². The Bertz CT molecular complexity index is 741. The Hall–Kier alpha value is -2.41. The quantitative estimate of drug-likeness (QED) is 0.829.